The first-order valence-corrected chi connectivity index (χ1v) is 7.18. The molecule has 0 saturated carbocycles. The summed E-state index contributed by atoms with van der Waals surface area (Å²) < 4.78 is 11.2. The Hall–Kier alpha value is -2.01. The number of ether oxygens (including phenoxy) is 2. The fourth-order valence-electron chi connectivity index (χ4n) is 1.94. The van der Waals surface area contributed by atoms with Crippen LogP contribution in [0.1, 0.15) is 15.9 Å². The van der Waals surface area contributed by atoms with Gasteiger partial charge < -0.3 is 14.8 Å². The molecule has 0 bridgehead atoms. The van der Waals surface area contributed by atoms with Crippen molar-refractivity contribution in [3.8, 4) is 11.5 Å². The molecule has 2 rings (SSSR count). The van der Waals surface area contributed by atoms with Gasteiger partial charge in [-0.15, -0.1) is 0 Å². The molecule has 5 heteroatoms. The molecule has 0 unspecified atom stereocenters. The molecule has 2 aromatic carbocycles. The summed E-state index contributed by atoms with van der Waals surface area (Å²) in [5.74, 6) is 1.29. The molecular weight excluding hydrogens is 334 g/mol. The molecule has 0 aliphatic carbocycles. The van der Waals surface area contributed by atoms with Crippen LogP contribution in [0, 0.1) is 0 Å². The minimum absolute atomic E-state index is 0.146. The van der Waals surface area contributed by atoms with Crippen molar-refractivity contribution in [1.29, 1.82) is 0 Å². The van der Waals surface area contributed by atoms with Gasteiger partial charge in [0, 0.05) is 16.6 Å². The lowest BCUT2D eigenvalue weighted by atomic mass is 10.1. The zero-order valence-corrected chi connectivity index (χ0v) is 13.4. The number of methoxy groups -OCH3 is 2. The van der Waals surface area contributed by atoms with Gasteiger partial charge >= 0.3 is 0 Å². The third-order valence-electron chi connectivity index (χ3n) is 3.05. The predicted octanol–water partition coefficient (Wildman–Crippen LogP) is 3.40. The smallest absolute Gasteiger partial charge is 0.252 e. The summed E-state index contributed by atoms with van der Waals surface area (Å²) in [4.78, 5) is 12.2. The van der Waals surface area contributed by atoms with Crippen LogP contribution in [-0.4, -0.2) is 20.1 Å². The molecule has 21 heavy (non-hydrogen) atoms. The normalized spacial score (nSPS) is 10.0. The van der Waals surface area contributed by atoms with Crippen LogP contribution in [0.4, 0.5) is 0 Å². The fraction of sp³-hybridized carbons (Fsp3) is 0.188. The topological polar surface area (TPSA) is 47.6 Å². The first-order valence-electron chi connectivity index (χ1n) is 6.39. The van der Waals surface area contributed by atoms with Crippen molar-refractivity contribution < 1.29 is 14.3 Å². The summed E-state index contributed by atoms with van der Waals surface area (Å²) in [7, 11) is 3.20. The van der Waals surface area contributed by atoms with Gasteiger partial charge in [-0.1, -0.05) is 12.1 Å². The number of halogens is 1. The van der Waals surface area contributed by atoms with Gasteiger partial charge in [0.25, 0.3) is 5.91 Å². The number of carbonyl (C=O) groups is 1. The van der Waals surface area contributed by atoms with Crippen LogP contribution in [0.3, 0.4) is 0 Å². The molecule has 0 saturated heterocycles. The minimum atomic E-state index is -0.146. The van der Waals surface area contributed by atoms with Gasteiger partial charge in [0.1, 0.15) is 11.5 Å². The number of amides is 1. The molecule has 0 radical (unpaired) electrons. The lowest BCUT2D eigenvalue weighted by Gasteiger charge is -2.12. The highest BCUT2D eigenvalue weighted by molar-refractivity contribution is 9.10. The third-order valence-corrected chi connectivity index (χ3v) is 3.74. The Balaban J connectivity index is 2.12. The highest BCUT2D eigenvalue weighted by atomic mass is 79.9. The summed E-state index contributed by atoms with van der Waals surface area (Å²) in [6.45, 7) is 0.362. The summed E-state index contributed by atoms with van der Waals surface area (Å²) in [5.41, 5.74) is 1.46. The molecule has 1 N–H and O–H groups in total. The Morgan fingerprint density at radius 3 is 2.57 bits per heavy atom. The average molecular weight is 350 g/mol. The van der Waals surface area contributed by atoms with Gasteiger partial charge in [0.15, 0.2) is 0 Å². The summed E-state index contributed by atoms with van der Waals surface area (Å²) >= 11 is 3.37. The molecule has 0 spiro atoms. The maximum atomic E-state index is 12.2. The molecule has 1 amide bonds. The van der Waals surface area contributed by atoms with Crippen molar-refractivity contribution in [3.05, 3.63) is 58.1 Å². The van der Waals surface area contributed by atoms with E-state index in [0.29, 0.717) is 17.9 Å². The quantitative estimate of drug-likeness (QED) is 0.899. The highest BCUT2D eigenvalue weighted by Gasteiger charge is 2.11. The molecule has 0 heterocycles. The Labute approximate surface area is 132 Å². The number of rotatable bonds is 5. The Kier molecular flexibility index (Phi) is 5.22. The van der Waals surface area contributed by atoms with E-state index in [1.807, 2.05) is 36.4 Å². The molecule has 0 atom stereocenters. The first kappa shape index (κ1) is 15.4. The number of hydrogen-bond donors (Lipinski definition) is 1. The third kappa shape index (κ3) is 3.76. The van der Waals surface area contributed by atoms with Gasteiger partial charge in [0.05, 0.1) is 19.8 Å². The van der Waals surface area contributed by atoms with Gasteiger partial charge in [-0.05, 0) is 46.3 Å². The van der Waals surface area contributed by atoms with Gasteiger partial charge in [-0.2, -0.15) is 0 Å². The van der Waals surface area contributed by atoms with Crippen LogP contribution < -0.4 is 14.8 Å². The van der Waals surface area contributed by atoms with Crippen LogP contribution in [0.2, 0.25) is 0 Å². The van der Waals surface area contributed by atoms with Crippen molar-refractivity contribution in [3.63, 3.8) is 0 Å². The number of nitrogens with one attached hydrogen (secondary N) is 1. The SMILES string of the molecule is COc1ccc(OC)c(CNC(=O)c2ccccc2Br)c1. The van der Waals surface area contributed by atoms with E-state index in [1.165, 1.54) is 0 Å². The number of hydrogen-bond acceptors (Lipinski definition) is 3. The van der Waals surface area contributed by atoms with Crippen molar-refractivity contribution in [2.24, 2.45) is 0 Å². The van der Waals surface area contributed by atoms with Crippen LogP contribution in [0.25, 0.3) is 0 Å². The highest BCUT2D eigenvalue weighted by Crippen LogP contribution is 2.24. The zero-order valence-electron chi connectivity index (χ0n) is 11.9. The molecular formula is C16H16BrNO3. The van der Waals surface area contributed by atoms with E-state index in [2.05, 4.69) is 21.2 Å². The Morgan fingerprint density at radius 2 is 1.90 bits per heavy atom. The van der Waals surface area contributed by atoms with Crippen molar-refractivity contribution in [2.75, 3.05) is 14.2 Å². The van der Waals surface area contributed by atoms with E-state index in [0.717, 1.165) is 15.8 Å². The van der Waals surface area contributed by atoms with Crippen molar-refractivity contribution in [2.45, 2.75) is 6.54 Å². The summed E-state index contributed by atoms with van der Waals surface area (Å²) in [5, 5.41) is 2.88. The maximum absolute atomic E-state index is 12.2. The second-order valence-electron chi connectivity index (χ2n) is 4.34. The van der Waals surface area contributed by atoms with Crippen LogP contribution in [0.5, 0.6) is 11.5 Å². The van der Waals surface area contributed by atoms with E-state index in [1.54, 1.807) is 20.3 Å². The second kappa shape index (κ2) is 7.13. The van der Waals surface area contributed by atoms with E-state index in [-0.39, 0.29) is 5.91 Å². The molecule has 0 aliphatic rings. The molecule has 110 valence electrons. The van der Waals surface area contributed by atoms with E-state index >= 15 is 0 Å². The van der Waals surface area contributed by atoms with Gasteiger partial charge in [-0.3, -0.25) is 4.79 Å². The molecule has 0 fully saturated rings. The predicted molar refractivity (Wildman–Crippen MR) is 84.9 cm³/mol. The van der Waals surface area contributed by atoms with Gasteiger partial charge in [0.2, 0.25) is 0 Å². The lowest BCUT2D eigenvalue weighted by Crippen LogP contribution is -2.23. The van der Waals surface area contributed by atoms with Crippen molar-refractivity contribution in [1.82, 2.24) is 5.32 Å². The van der Waals surface area contributed by atoms with E-state index in [4.69, 9.17) is 9.47 Å². The zero-order chi connectivity index (χ0) is 15.2. The van der Waals surface area contributed by atoms with Crippen LogP contribution >= 0.6 is 15.9 Å². The van der Waals surface area contributed by atoms with E-state index < -0.39 is 0 Å². The first-order chi connectivity index (χ1) is 10.2. The largest absolute Gasteiger partial charge is 0.497 e. The van der Waals surface area contributed by atoms with Crippen LogP contribution in [-0.2, 0) is 6.54 Å². The molecule has 0 aromatic heterocycles. The van der Waals surface area contributed by atoms with Gasteiger partial charge in [-0.25, -0.2) is 0 Å². The average Bonchev–Trinajstić information content (AvgIpc) is 2.52. The molecule has 2 aromatic rings. The maximum Gasteiger partial charge on any atom is 0.252 e. The Morgan fingerprint density at radius 1 is 1.14 bits per heavy atom. The monoisotopic (exact) mass is 349 g/mol. The summed E-state index contributed by atoms with van der Waals surface area (Å²) in [6, 6.07) is 12.8. The van der Waals surface area contributed by atoms with Crippen molar-refractivity contribution >= 4 is 21.8 Å². The second-order valence-corrected chi connectivity index (χ2v) is 5.19. The van der Waals surface area contributed by atoms with E-state index in [9.17, 15) is 4.79 Å². The summed E-state index contributed by atoms with van der Waals surface area (Å²) in [6.07, 6.45) is 0. The molecule has 0 aliphatic heterocycles. The lowest BCUT2D eigenvalue weighted by molar-refractivity contribution is 0.0950. The Bertz CT molecular complexity index is 643. The standard InChI is InChI=1S/C16H16BrNO3/c1-20-12-7-8-15(21-2)11(9-12)10-18-16(19)13-5-3-4-6-14(13)17/h3-9H,10H2,1-2H3,(H,18,19). The minimum Gasteiger partial charge on any atom is -0.497 e. The van der Waals surface area contributed by atoms with Crippen LogP contribution in [0.15, 0.2) is 46.9 Å². The molecule has 4 nitrogen and oxygen atoms in total. The fourth-order valence-corrected chi connectivity index (χ4v) is 2.40. The number of benzene rings is 2. The number of carbonyl (C=O) groups excluding carboxylic acids is 1.